The number of carbonyl (C=O) groups is 3. The number of ether oxygens (including phenoxy) is 1. The van der Waals surface area contributed by atoms with Gasteiger partial charge in [0, 0.05) is 28.9 Å². The van der Waals surface area contributed by atoms with Crippen molar-refractivity contribution in [1.82, 2.24) is 14.9 Å². The molecule has 0 bridgehead atoms. The molecule has 0 unspecified atom stereocenters. The number of amides is 2. The first-order chi connectivity index (χ1) is 12.6. The second kappa shape index (κ2) is 6.03. The third-order valence-electron chi connectivity index (χ3n) is 4.41. The highest BCUT2D eigenvalue weighted by atomic mass is 16.5. The largest absolute Gasteiger partial charge is 0.468 e. The number of hydrogen-bond acceptors (Lipinski definition) is 4. The number of benzene rings is 1. The van der Waals surface area contributed by atoms with Gasteiger partial charge in [0.15, 0.2) is 0 Å². The predicted molar refractivity (Wildman–Crippen MR) is 94.6 cm³/mol. The summed E-state index contributed by atoms with van der Waals surface area (Å²) in [6, 6.07) is 11.0. The van der Waals surface area contributed by atoms with Gasteiger partial charge in [-0.1, -0.05) is 18.2 Å². The number of aromatic amines is 2. The van der Waals surface area contributed by atoms with Crippen molar-refractivity contribution >= 4 is 39.8 Å². The lowest BCUT2D eigenvalue weighted by molar-refractivity contribution is -0.149. The predicted octanol–water partition coefficient (Wildman–Crippen LogP) is 1.95. The average Bonchev–Trinajstić information content (AvgIpc) is 3.36. The Labute approximate surface area is 148 Å². The SMILES string of the molecule is COC(=O)CN1C(=O)C(c2ccc[nH]2)=C(c2c[nH]c3ccccc23)C1=O. The molecule has 1 aliphatic rings. The van der Waals surface area contributed by atoms with Crippen LogP contribution in [0.5, 0.6) is 0 Å². The van der Waals surface area contributed by atoms with E-state index in [1.54, 1.807) is 24.5 Å². The van der Waals surface area contributed by atoms with E-state index in [1.165, 1.54) is 7.11 Å². The first-order valence-corrected chi connectivity index (χ1v) is 7.99. The van der Waals surface area contributed by atoms with Crippen molar-refractivity contribution in [3.8, 4) is 0 Å². The second-order valence-corrected chi connectivity index (χ2v) is 5.85. The van der Waals surface area contributed by atoms with Crippen LogP contribution in [0.3, 0.4) is 0 Å². The number of nitrogens with one attached hydrogen (secondary N) is 2. The molecule has 0 saturated heterocycles. The number of imide groups is 1. The Balaban J connectivity index is 1.91. The summed E-state index contributed by atoms with van der Waals surface area (Å²) in [5.41, 5.74) is 2.51. The standard InChI is InChI=1S/C19H15N3O4/c1-26-15(23)10-22-18(24)16(17(19(22)25)14-7-4-8-20-14)12-9-21-13-6-3-2-5-11(12)13/h2-9,20-21H,10H2,1H3. The number of carbonyl (C=O) groups excluding carboxylic acids is 3. The minimum Gasteiger partial charge on any atom is -0.468 e. The van der Waals surface area contributed by atoms with Gasteiger partial charge in [0.2, 0.25) is 0 Å². The fraction of sp³-hybridized carbons (Fsp3) is 0.105. The van der Waals surface area contributed by atoms with Crippen LogP contribution in [0.1, 0.15) is 11.3 Å². The van der Waals surface area contributed by atoms with Crippen molar-refractivity contribution in [2.45, 2.75) is 0 Å². The van der Waals surface area contributed by atoms with Gasteiger partial charge in [-0.15, -0.1) is 0 Å². The van der Waals surface area contributed by atoms with Crippen LogP contribution >= 0.6 is 0 Å². The maximum atomic E-state index is 13.0. The van der Waals surface area contributed by atoms with E-state index >= 15 is 0 Å². The van der Waals surface area contributed by atoms with Crippen LogP contribution in [0.15, 0.2) is 48.8 Å². The van der Waals surface area contributed by atoms with E-state index in [-0.39, 0.29) is 11.1 Å². The summed E-state index contributed by atoms with van der Waals surface area (Å²) in [4.78, 5) is 44.6. The number of esters is 1. The van der Waals surface area contributed by atoms with Gasteiger partial charge >= 0.3 is 5.97 Å². The maximum absolute atomic E-state index is 13.0. The van der Waals surface area contributed by atoms with Crippen LogP contribution in [0.2, 0.25) is 0 Å². The van der Waals surface area contributed by atoms with Gasteiger partial charge in [0.05, 0.1) is 23.9 Å². The van der Waals surface area contributed by atoms with Gasteiger partial charge in [-0.3, -0.25) is 19.3 Å². The zero-order valence-corrected chi connectivity index (χ0v) is 13.9. The normalized spacial score (nSPS) is 14.6. The summed E-state index contributed by atoms with van der Waals surface area (Å²) < 4.78 is 4.61. The Morgan fingerprint density at radius 1 is 1.04 bits per heavy atom. The molecule has 2 amide bonds. The molecule has 1 aliphatic heterocycles. The molecule has 0 atom stereocenters. The fourth-order valence-electron chi connectivity index (χ4n) is 3.18. The molecule has 3 aromatic rings. The number of hydrogen-bond donors (Lipinski definition) is 2. The zero-order chi connectivity index (χ0) is 18.3. The first-order valence-electron chi connectivity index (χ1n) is 7.99. The molecular formula is C19H15N3O4. The molecule has 1 aromatic carbocycles. The van der Waals surface area contributed by atoms with Gasteiger partial charge in [0.25, 0.3) is 11.8 Å². The molecule has 0 saturated carbocycles. The lowest BCUT2D eigenvalue weighted by Crippen LogP contribution is -2.36. The van der Waals surface area contributed by atoms with Crippen LogP contribution in [-0.4, -0.2) is 46.3 Å². The van der Waals surface area contributed by atoms with E-state index in [1.807, 2.05) is 24.3 Å². The number of fused-ring (bicyclic) bond motifs is 1. The molecule has 0 aliphatic carbocycles. The Bertz CT molecular complexity index is 1060. The van der Waals surface area contributed by atoms with Crippen LogP contribution in [0.4, 0.5) is 0 Å². The van der Waals surface area contributed by atoms with Crippen LogP contribution in [-0.2, 0) is 19.1 Å². The molecule has 130 valence electrons. The summed E-state index contributed by atoms with van der Waals surface area (Å²) in [7, 11) is 1.22. The second-order valence-electron chi connectivity index (χ2n) is 5.85. The lowest BCUT2D eigenvalue weighted by atomic mass is 9.99. The van der Waals surface area contributed by atoms with E-state index in [0.29, 0.717) is 11.3 Å². The van der Waals surface area contributed by atoms with Gasteiger partial charge in [0.1, 0.15) is 6.54 Å². The number of methoxy groups -OCH3 is 1. The van der Waals surface area contributed by atoms with Crippen molar-refractivity contribution < 1.29 is 19.1 Å². The summed E-state index contributed by atoms with van der Waals surface area (Å²) >= 11 is 0. The highest BCUT2D eigenvalue weighted by Crippen LogP contribution is 2.37. The molecule has 0 fully saturated rings. The Hall–Kier alpha value is -3.61. The summed E-state index contributed by atoms with van der Waals surface area (Å²) in [6.45, 7) is -0.426. The number of H-pyrrole nitrogens is 2. The molecule has 3 heterocycles. The van der Waals surface area contributed by atoms with E-state index in [4.69, 9.17) is 0 Å². The highest BCUT2D eigenvalue weighted by molar-refractivity contribution is 6.49. The van der Waals surface area contributed by atoms with Crippen LogP contribution in [0, 0.1) is 0 Å². The van der Waals surface area contributed by atoms with Crippen LogP contribution < -0.4 is 0 Å². The van der Waals surface area contributed by atoms with Crippen LogP contribution in [0.25, 0.3) is 22.0 Å². The molecule has 2 N–H and O–H groups in total. The van der Waals surface area contributed by atoms with Gasteiger partial charge in [-0.05, 0) is 18.2 Å². The number of rotatable bonds is 4. The molecule has 26 heavy (non-hydrogen) atoms. The third kappa shape index (κ3) is 2.33. The summed E-state index contributed by atoms with van der Waals surface area (Å²) in [5, 5.41) is 0.827. The smallest absolute Gasteiger partial charge is 0.325 e. The quantitative estimate of drug-likeness (QED) is 0.556. The van der Waals surface area contributed by atoms with Crippen molar-refractivity contribution in [3.05, 3.63) is 60.0 Å². The molecule has 4 rings (SSSR count). The number of para-hydroxylation sites is 1. The Morgan fingerprint density at radius 2 is 1.81 bits per heavy atom. The van der Waals surface area contributed by atoms with Gasteiger partial charge in [-0.2, -0.15) is 0 Å². The van der Waals surface area contributed by atoms with E-state index in [0.717, 1.165) is 15.8 Å². The van der Waals surface area contributed by atoms with Crippen molar-refractivity contribution in [2.24, 2.45) is 0 Å². The molecule has 2 aromatic heterocycles. The van der Waals surface area contributed by atoms with E-state index < -0.39 is 24.3 Å². The van der Waals surface area contributed by atoms with Crippen molar-refractivity contribution in [3.63, 3.8) is 0 Å². The topological polar surface area (TPSA) is 95.3 Å². The maximum Gasteiger partial charge on any atom is 0.325 e. The molecule has 0 spiro atoms. The number of aromatic nitrogens is 2. The Kier molecular flexibility index (Phi) is 3.69. The average molecular weight is 349 g/mol. The minimum absolute atomic E-state index is 0.244. The minimum atomic E-state index is -0.655. The fourth-order valence-corrected chi connectivity index (χ4v) is 3.18. The van der Waals surface area contributed by atoms with Gasteiger partial charge < -0.3 is 14.7 Å². The Morgan fingerprint density at radius 3 is 2.54 bits per heavy atom. The molecule has 7 nitrogen and oxygen atoms in total. The lowest BCUT2D eigenvalue weighted by Gasteiger charge is -2.13. The first kappa shape index (κ1) is 15.9. The van der Waals surface area contributed by atoms with Crippen molar-refractivity contribution in [1.29, 1.82) is 0 Å². The third-order valence-corrected chi connectivity index (χ3v) is 4.41. The zero-order valence-electron chi connectivity index (χ0n) is 13.9. The van der Waals surface area contributed by atoms with Crippen molar-refractivity contribution in [2.75, 3.05) is 13.7 Å². The molecule has 7 heteroatoms. The highest BCUT2D eigenvalue weighted by Gasteiger charge is 2.41. The summed E-state index contributed by atoms with van der Waals surface area (Å²) in [5.74, 6) is -1.70. The summed E-state index contributed by atoms with van der Waals surface area (Å²) in [6.07, 6.45) is 3.38. The number of nitrogens with zero attached hydrogens (tertiary/aromatic N) is 1. The molecule has 0 radical (unpaired) electrons. The van der Waals surface area contributed by atoms with E-state index in [2.05, 4.69) is 14.7 Å². The van der Waals surface area contributed by atoms with E-state index in [9.17, 15) is 14.4 Å². The van der Waals surface area contributed by atoms with Gasteiger partial charge in [-0.25, -0.2) is 0 Å². The monoisotopic (exact) mass is 349 g/mol. The molecular weight excluding hydrogens is 334 g/mol.